The van der Waals surface area contributed by atoms with Gasteiger partial charge >= 0.3 is 0 Å². The van der Waals surface area contributed by atoms with E-state index in [1.165, 1.54) is 10.1 Å². The molecule has 0 saturated carbocycles. The monoisotopic (exact) mass is 170 g/mol. The van der Waals surface area contributed by atoms with Crippen molar-refractivity contribution in [2.24, 2.45) is 0 Å². The summed E-state index contributed by atoms with van der Waals surface area (Å²) in [6.45, 7) is 3.81. The van der Waals surface area contributed by atoms with E-state index in [1.54, 1.807) is 0 Å². The minimum atomic E-state index is 0.969. The highest BCUT2D eigenvalue weighted by molar-refractivity contribution is 9.11. The molecule has 0 atom stereocenters. The van der Waals surface area contributed by atoms with Crippen molar-refractivity contribution < 1.29 is 0 Å². The fraction of sp³-hybridized carbons (Fsp3) is 0.143. The van der Waals surface area contributed by atoms with Crippen LogP contribution in [0.5, 0.6) is 0 Å². The molecule has 0 unspecified atom stereocenters. The third kappa shape index (κ3) is 1.34. The molecule has 0 saturated heterocycles. The summed E-state index contributed by atoms with van der Waals surface area (Å²) in [6.07, 6.45) is 7.02. The summed E-state index contributed by atoms with van der Waals surface area (Å²) in [5, 5.41) is 0. The standard InChI is InChI=1S/C7H7Br/c1-6-3-2-4-7(8)5-6/h2-4H,1,5H2. The lowest BCUT2D eigenvalue weighted by molar-refractivity contribution is 1.26. The zero-order chi connectivity index (χ0) is 5.98. The molecule has 1 aliphatic carbocycles. The van der Waals surface area contributed by atoms with Crippen LogP contribution < -0.4 is 0 Å². The number of hydrogen-bond acceptors (Lipinski definition) is 0. The zero-order valence-electron chi connectivity index (χ0n) is 4.52. The molecular weight excluding hydrogens is 164 g/mol. The average Bonchev–Trinajstić information content (AvgIpc) is 1.64. The highest BCUT2D eigenvalue weighted by Crippen LogP contribution is 2.20. The quantitative estimate of drug-likeness (QED) is 0.525. The highest BCUT2D eigenvalue weighted by Gasteiger charge is 1.95. The first-order chi connectivity index (χ1) is 3.79. The van der Waals surface area contributed by atoms with Gasteiger partial charge in [0, 0.05) is 6.42 Å². The van der Waals surface area contributed by atoms with Gasteiger partial charge < -0.3 is 0 Å². The summed E-state index contributed by atoms with van der Waals surface area (Å²) in [6, 6.07) is 0. The van der Waals surface area contributed by atoms with E-state index in [-0.39, 0.29) is 0 Å². The van der Waals surface area contributed by atoms with Gasteiger partial charge in [-0.1, -0.05) is 46.3 Å². The van der Waals surface area contributed by atoms with Gasteiger partial charge in [0.25, 0.3) is 0 Å². The van der Waals surface area contributed by atoms with Crippen LogP contribution in [0.3, 0.4) is 0 Å². The molecule has 0 aliphatic heterocycles. The van der Waals surface area contributed by atoms with Crippen LogP contribution in [0.4, 0.5) is 0 Å². The molecule has 8 heavy (non-hydrogen) atoms. The third-order valence-electron chi connectivity index (χ3n) is 1.00. The molecule has 1 aliphatic rings. The Morgan fingerprint density at radius 3 is 2.75 bits per heavy atom. The Bertz CT molecular complexity index is 163. The van der Waals surface area contributed by atoms with Gasteiger partial charge in [-0.25, -0.2) is 0 Å². The van der Waals surface area contributed by atoms with Crippen LogP contribution in [0.1, 0.15) is 6.42 Å². The van der Waals surface area contributed by atoms with Gasteiger partial charge in [-0.05, 0) is 4.48 Å². The van der Waals surface area contributed by atoms with Crippen LogP contribution in [0.15, 0.2) is 34.9 Å². The van der Waals surface area contributed by atoms with Crippen LogP contribution in [-0.2, 0) is 0 Å². The van der Waals surface area contributed by atoms with Crippen molar-refractivity contribution in [3.63, 3.8) is 0 Å². The maximum atomic E-state index is 3.81. The first kappa shape index (κ1) is 5.83. The lowest BCUT2D eigenvalue weighted by Crippen LogP contribution is -1.80. The largest absolute Gasteiger partial charge is 0.0955 e. The maximum absolute atomic E-state index is 3.81. The summed E-state index contributed by atoms with van der Waals surface area (Å²) in [4.78, 5) is 0. The number of allylic oxidation sites excluding steroid dienone is 5. The van der Waals surface area contributed by atoms with E-state index in [1.807, 2.05) is 18.2 Å². The molecular formula is C7H7Br. The van der Waals surface area contributed by atoms with Crippen LogP contribution >= 0.6 is 15.9 Å². The number of halogens is 1. The minimum absolute atomic E-state index is 0.969. The Hall–Kier alpha value is -0.300. The normalized spacial score (nSPS) is 18.6. The Balaban J connectivity index is 2.73. The summed E-state index contributed by atoms with van der Waals surface area (Å²) >= 11 is 3.38. The molecule has 0 fully saturated rings. The van der Waals surface area contributed by atoms with Gasteiger partial charge in [-0.2, -0.15) is 0 Å². The van der Waals surface area contributed by atoms with E-state index in [2.05, 4.69) is 22.5 Å². The summed E-state index contributed by atoms with van der Waals surface area (Å²) in [5.74, 6) is 0. The van der Waals surface area contributed by atoms with Gasteiger partial charge in [0.1, 0.15) is 0 Å². The molecule has 0 nitrogen and oxygen atoms in total. The van der Waals surface area contributed by atoms with Crippen LogP contribution in [-0.4, -0.2) is 0 Å². The van der Waals surface area contributed by atoms with Crippen molar-refractivity contribution in [1.29, 1.82) is 0 Å². The molecule has 1 heteroatoms. The summed E-state index contributed by atoms with van der Waals surface area (Å²) in [5.41, 5.74) is 1.17. The topological polar surface area (TPSA) is 0 Å². The number of hydrogen-bond donors (Lipinski definition) is 0. The predicted molar refractivity (Wildman–Crippen MR) is 39.9 cm³/mol. The Morgan fingerprint density at radius 2 is 2.38 bits per heavy atom. The molecule has 42 valence electrons. The molecule has 0 radical (unpaired) electrons. The molecule has 0 aromatic heterocycles. The van der Waals surface area contributed by atoms with E-state index in [9.17, 15) is 0 Å². The van der Waals surface area contributed by atoms with E-state index < -0.39 is 0 Å². The lowest BCUT2D eigenvalue weighted by Gasteiger charge is -2.01. The van der Waals surface area contributed by atoms with Crippen molar-refractivity contribution in [2.45, 2.75) is 6.42 Å². The van der Waals surface area contributed by atoms with Gasteiger partial charge in [0.15, 0.2) is 0 Å². The van der Waals surface area contributed by atoms with Crippen molar-refractivity contribution in [3.8, 4) is 0 Å². The minimum Gasteiger partial charge on any atom is -0.0955 e. The van der Waals surface area contributed by atoms with Crippen LogP contribution in [0, 0.1) is 0 Å². The van der Waals surface area contributed by atoms with Crippen LogP contribution in [0.2, 0.25) is 0 Å². The SMILES string of the molecule is C=C1C=CC=C(Br)C1. The highest BCUT2D eigenvalue weighted by atomic mass is 79.9. The van der Waals surface area contributed by atoms with E-state index >= 15 is 0 Å². The molecule has 0 bridgehead atoms. The van der Waals surface area contributed by atoms with Crippen molar-refractivity contribution in [3.05, 3.63) is 34.9 Å². The van der Waals surface area contributed by atoms with Gasteiger partial charge in [-0.3, -0.25) is 0 Å². The lowest BCUT2D eigenvalue weighted by atomic mass is 10.1. The van der Waals surface area contributed by atoms with Gasteiger partial charge in [0.05, 0.1) is 0 Å². The number of rotatable bonds is 0. The van der Waals surface area contributed by atoms with Crippen molar-refractivity contribution in [2.75, 3.05) is 0 Å². The Morgan fingerprint density at radius 1 is 1.62 bits per heavy atom. The van der Waals surface area contributed by atoms with Crippen LogP contribution in [0.25, 0.3) is 0 Å². The first-order valence-corrected chi connectivity index (χ1v) is 3.29. The van der Waals surface area contributed by atoms with Crippen molar-refractivity contribution >= 4 is 15.9 Å². The third-order valence-corrected chi connectivity index (χ3v) is 1.55. The molecule has 1 rings (SSSR count). The molecule has 0 N–H and O–H groups in total. The van der Waals surface area contributed by atoms with E-state index in [4.69, 9.17) is 0 Å². The van der Waals surface area contributed by atoms with Gasteiger partial charge in [-0.15, -0.1) is 0 Å². The van der Waals surface area contributed by atoms with Gasteiger partial charge in [0.2, 0.25) is 0 Å². The predicted octanol–water partition coefficient (Wildman–Crippen LogP) is 2.78. The molecule has 0 aromatic carbocycles. The molecule has 0 heterocycles. The van der Waals surface area contributed by atoms with Crippen molar-refractivity contribution in [1.82, 2.24) is 0 Å². The zero-order valence-corrected chi connectivity index (χ0v) is 6.11. The fourth-order valence-electron chi connectivity index (χ4n) is 0.623. The second-order valence-corrected chi connectivity index (χ2v) is 2.83. The molecule has 0 amide bonds. The molecule has 0 spiro atoms. The Labute approximate surface area is 57.7 Å². The molecule has 0 aromatic rings. The fourth-order valence-corrected chi connectivity index (χ4v) is 1.14. The maximum Gasteiger partial charge on any atom is 0.00348 e. The van der Waals surface area contributed by atoms with E-state index in [0.29, 0.717) is 0 Å². The average molecular weight is 171 g/mol. The smallest absolute Gasteiger partial charge is 0.00348 e. The van der Waals surface area contributed by atoms with E-state index in [0.717, 1.165) is 6.42 Å². The second-order valence-electron chi connectivity index (χ2n) is 1.81. The summed E-state index contributed by atoms with van der Waals surface area (Å²) in [7, 11) is 0. The first-order valence-electron chi connectivity index (χ1n) is 2.49. The Kier molecular flexibility index (Phi) is 1.69. The second kappa shape index (κ2) is 2.31. The summed E-state index contributed by atoms with van der Waals surface area (Å²) < 4.78 is 1.21.